The molecule has 7 heteroatoms. The van der Waals surface area contributed by atoms with Crippen molar-refractivity contribution < 1.29 is 22.4 Å². The Morgan fingerprint density at radius 3 is 2.46 bits per heavy atom. The minimum absolute atomic E-state index is 0.198. The first-order valence-electron chi connectivity index (χ1n) is 3.56. The molecule has 0 heterocycles. The molecule has 78 valence electrons. The number of carbonyl (C=O) groups is 1. The van der Waals surface area contributed by atoms with Crippen molar-refractivity contribution in [2.75, 3.05) is 5.88 Å². The molecule has 0 aromatic heterocycles. The van der Waals surface area contributed by atoms with Crippen LogP contribution in [0.2, 0.25) is 0 Å². The van der Waals surface area contributed by atoms with E-state index in [9.17, 15) is 13.2 Å². The molecule has 0 rings (SSSR count). The Bertz CT molecular complexity index is 260. The molecule has 0 spiro atoms. The summed E-state index contributed by atoms with van der Waals surface area (Å²) in [5.74, 6) is -0.620. The Hall–Kier alpha value is -0.330. The molecule has 0 amide bonds. The van der Waals surface area contributed by atoms with Crippen LogP contribution in [0.4, 0.5) is 0 Å². The SMILES string of the molecule is CC(=O)OOS(=O)(=O)C(C)CCCl. The summed E-state index contributed by atoms with van der Waals surface area (Å²) in [5.41, 5.74) is 0. The van der Waals surface area contributed by atoms with Gasteiger partial charge in [-0.2, -0.15) is 8.42 Å². The summed E-state index contributed by atoms with van der Waals surface area (Å²) in [6.45, 7) is 2.46. The first kappa shape index (κ1) is 12.7. The Balaban J connectivity index is 4.15. The molecule has 0 aliphatic heterocycles. The first-order chi connectivity index (χ1) is 5.90. The maximum Gasteiger partial charge on any atom is 0.340 e. The van der Waals surface area contributed by atoms with Crippen molar-refractivity contribution in [3.63, 3.8) is 0 Å². The van der Waals surface area contributed by atoms with Crippen molar-refractivity contribution in [1.82, 2.24) is 0 Å². The van der Waals surface area contributed by atoms with Crippen molar-refractivity contribution >= 4 is 27.7 Å². The third kappa shape index (κ3) is 5.07. The summed E-state index contributed by atoms with van der Waals surface area (Å²) in [5, 5.41) is -0.788. The highest BCUT2D eigenvalue weighted by atomic mass is 35.5. The van der Waals surface area contributed by atoms with Crippen LogP contribution in [0.1, 0.15) is 20.3 Å². The predicted molar refractivity (Wildman–Crippen MR) is 46.6 cm³/mol. The van der Waals surface area contributed by atoms with E-state index in [1.54, 1.807) is 0 Å². The van der Waals surface area contributed by atoms with Gasteiger partial charge in [-0.3, -0.25) is 4.89 Å². The molecule has 0 aromatic rings. The summed E-state index contributed by atoms with van der Waals surface area (Å²) in [6, 6.07) is 0. The summed E-state index contributed by atoms with van der Waals surface area (Å²) in [4.78, 5) is 14.1. The van der Waals surface area contributed by atoms with Crippen LogP contribution in [0.3, 0.4) is 0 Å². The van der Waals surface area contributed by atoms with Crippen molar-refractivity contribution in [1.29, 1.82) is 0 Å². The van der Waals surface area contributed by atoms with E-state index in [-0.39, 0.29) is 12.3 Å². The Kier molecular flexibility index (Phi) is 5.27. The standard InChI is InChI=1S/C6H11ClO5S/c1-5(3-4-7)13(9,10)12-11-6(2)8/h5H,3-4H2,1-2H3. The van der Waals surface area contributed by atoms with Gasteiger partial charge in [0.1, 0.15) is 0 Å². The lowest BCUT2D eigenvalue weighted by atomic mass is 10.4. The zero-order chi connectivity index (χ0) is 10.5. The van der Waals surface area contributed by atoms with E-state index >= 15 is 0 Å². The van der Waals surface area contributed by atoms with E-state index in [1.807, 2.05) is 0 Å². The molecule has 5 nitrogen and oxygen atoms in total. The summed E-state index contributed by atoms with van der Waals surface area (Å²) in [7, 11) is -3.84. The zero-order valence-electron chi connectivity index (χ0n) is 7.32. The highest BCUT2D eigenvalue weighted by molar-refractivity contribution is 7.87. The van der Waals surface area contributed by atoms with Crippen LogP contribution in [-0.4, -0.2) is 25.5 Å². The lowest BCUT2D eigenvalue weighted by Crippen LogP contribution is -2.22. The van der Waals surface area contributed by atoms with E-state index in [1.165, 1.54) is 6.92 Å². The van der Waals surface area contributed by atoms with Crippen LogP contribution in [-0.2, 0) is 24.1 Å². The molecule has 0 saturated carbocycles. The van der Waals surface area contributed by atoms with Crippen molar-refractivity contribution in [3.8, 4) is 0 Å². The van der Waals surface area contributed by atoms with Gasteiger partial charge in [-0.1, -0.05) is 4.33 Å². The molecule has 1 atom stereocenters. The summed E-state index contributed by atoms with van der Waals surface area (Å²) < 4.78 is 26.1. The molecule has 0 fully saturated rings. The zero-order valence-corrected chi connectivity index (χ0v) is 8.89. The second-order valence-corrected chi connectivity index (χ2v) is 4.73. The van der Waals surface area contributed by atoms with Crippen molar-refractivity contribution in [3.05, 3.63) is 0 Å². The summed E-state index contributed by atoms with van der Waals surface area (Å²) in [6.07, 6.45) is 0.241. The maximum absolute atomic E-state index is 11.1. The van der Waals surface area contributed by atoms with Gasteiger partial charge in [0, 0.05) is 12.8 Å². The number of hydrogen-bond donors (Lipinski definition) is 0. The molecule has 0 aromatic carbocycles. The Morgan fingerprint density at radius 2 is 2.08 bits per heavy atom. The topological polar surface area (TPSA) is 69.7 Å². The van der Waals surface area contributed by atoms with E-state index in [0.29, 0.717) is 0 Å². The highest BCUT2D eigenvalue weighted by Crippen LogP contribution is 2.09. The maximum atomic E-state index is 11.1. The number of halogens is 1. The minimum atomic E-state index is -3.84. The van der Waals surface area contributed by atoms with Gasteiger partial charge in [-0.15, -0.1) is 11.6 Å². The van der Waals surface area contributed by atoms with Crippen LogP contribution >= 0.6 is 11.6 Å². The fraction of sp³-hybridized carbons (Fsp3) is 0.833. The van der Waals surface area contributed by atoms with Crippen LogP contribution in [0.15, 0.2) is 0 Å². The Morgan fingerprint density at radius 1 is 1.54 bits per heavy atom. The van der Waals surface area contributed by atoms with Gasteiger partial charge >= 0.3 is 16.1 Å². The van der Waals surface area contributed by atoms with Crippen LogP contribution in [0.25, 0.3) is 0 Å². The molecule has 0 saturated heterocycles. The van der Waals surface area contributed by atoms with Gasteiger partial charge < -0.3 is 0 Å². The second kappa shape index (κ2) is 5.41. The molecule has 13 heavy (non-hydrogen) atoms. The van der Waals surface area contributed by atoms with Crippen molar-refractivity contribution in [2.45, 2.75) is 25.5 Å². The minimum Gasteiger partial charge on any atom is -0.282 e. The summed E-state index contributed by atoms with van der Waals surface area (Å²) >= 11 is 5.34. The number of hydrogen-bond acceptors (Lipinski definition) is 5. The van der Waals surface area contributed by atoms with Crippen LogP contribution in [0.5, 0.6) is 0 Å². The van der Waals surface area contributed by atoms with Gasteiger partial charge in [-0.05, 0) is 13.3 Å². The number of rotatable bonds is 5. The van der Waals surface area contributed by atoms with Crippen LogP contribution < -0.4 is 0 Å². The fourth-order valence-electron chi connectivity index (χ4n) is 0.460. The van der Waals surface area contributed by atoms with E-state index < -0.39 is 21.3 Å². The Labute approximate surface area is 82.0 Å². The average Bonchev–Trinajstić information content (AvgIpc) is 2.01. The van der Waals surface area contributed by atoms with Gasteiger partial charge in [0.2, 0.25) is 0 Å². The molecule has 0 bridgehead atoms. The number of alkyl halides is 1. The van der Waals surface area contributed by atoms with Gasteiger partial charge in [0.05, 0.1) is 5.25 Å². The van der Waals surface area contributed by atoms with Gasteiger partial charge in [-0.25, -0.2) is 4.79 Å². The van der Waals surface area contributed by atoms with Crippen LogP contribution in [0, 0.1) is 0 Å². The third-order valence-electron chi connectivity index (χ3n) is 1.25. The van der Waals surface area contributed by atoms with Gasteiger partial charge in [0.15, 0.2) is 0 Å². The predicted octanol–water partition coefficient (Wildman–Crippen LogP) is 0.828. The lowest BCUT2D eigenvalue weighted by Gasteiger charge is -2.08. The van der Waals surface area contributed by atoms with E-state index in [2.05, 4.69) is 9.22 Å². The average molecular weight is 231 g/mol. The molecule has 0 N–H and O–H groups in total. The normalized spacial score (nSPS) is 13.8. The lowest BCUT2D eigenvalue weighted by molar-refractivity contribution is -0.208. The quantitative estimate of drug-likeness (QED) is 0.398. The highest BCUT2D eigenvalue weighted by Gasteiger charge is 2.23. The smallest absolute Gasteiger partial charge is 0.282 e. The molecule has 0 aliphatic rings. The monoisotopic (exact) mass is 230 g/mol. The molecule has 0 radical (unpaired) electrons. The largest absolute Gasteiger partial charge is 0.340 e. The molecular formula is C6H11ClO5S. The number of carbonyl (C=O) groups excluding carboxylic acids is 1. The van der Waals surface area contributed by atoms with Gasteiger partial charge in [0.25, 0.3) is 0 Å². The van der Waals surface area contributed by atoms with E-state index in [4.69, 9.17) is 11.6 Å². The third-order valence-corrected chi connectivity index (χ3v) is 2.95. The molecular weight excluding hydrogens is 220 g/mol. The first-order valence-corrected chi connectivity index (χ1v) is 5.57. The van der Waals surface area contributed by atoms with Crippen molar-refractivity contribution in [2.24, 2.45) is 0 Å². The second-order valence-electron chi connectivity index (χ2n) is 2.42. The molecule has 1 unspecified atom stereocenters. The fourth-order valence-corrected chi connectivity index (χ4v) is 1.65. The molecule has 0 aliphatic carbocycles. The van der Waals surface area contributed by atoms with E-state index in [0.717, 1.165) is 6.92 Å².